The molecule has 5 nitrogen and oxygen atoms in total. The maximum atomic E-state index is 13.2. The second-order valence-corrected chi connectivity index (χ2v) is 5.42. The number of rotatable bonds is 4. The summed E-state index contributed by atoms with van der Waals surface area (Å²) < 4.78 is 18.9. The van der Waals surface area contributed by atoms with Gasteiger partial charge in [-0.05, 0) is 38.1 Å². The van der Waals surface area contributed by atoms with Gasteiger partial charge in [0.2, 0.25) is 0 Å². The van der Waals surface area contributed by atoms with E-state index in [1.807, 2.05) is 0 Å². The van der Waals surface area contributed by atoms with Gasteiger partial charge in [-0.3, -0.25) is 4.79 Å². The van der Waals surface area contributed by atoms with Crippen molar-refractivity contribution in [3.05, 3.63) is 29.9 Å². The van der Waals surface area contributed by atoms with Gasteiger partial charge in [0.1, 0.15) is 11.3 Å². The van der Waals surface area contributed by atoms with E-state index >= 15 is 0 Å². The predicted octanol–water partition coefficient (Wildman–Crippen LogP) is 2.62. The van der Waals surface area contributed by atoms with Gasteiger partial charge in [0.15, 0.2) is 11.5 Å². The largest absolute Gasteiger partial charge is 0.481 e. The molecule has 1 aromatic carbocycles. The van der Waals surface area contributed by atoms with E-state index in [1.165, 1.54) is 12.1 Å². The lowest BCUT2D eigenvalue weighted by Gasteiger charge is -2.29. The molecule has 112 valence electrons. The number of hydrogen-bond acceptors (Lipinski definition) is 4. The van der Waals surface area contributed by atoms with Crippen LogP contribution in [0.2, 0.25) is 0 Å². The Balaban J connectivity index is 1.64. The van der Waals surface area contributed by atoms with Gasteiger partial charge in [-0.25, -0.2) is 9.37 Å². The molecule has 1 aliphatic heterocycles. The highest BCUT2D eigenvalue weighted by molar-refractivity contribution is 5.72. The number of aromatic nitrogens is 1. The quantitative estimate of drug-likeness (QED) is 0.938. The molecule has 0 spiro atoms. The number of carboxylic acid groups (broad SMARTS) is 1. The van der Waals surface area contributed by atoms with E-state index in [2.05, 4.69) is 9.88 Å². The van der Waals surface area contributed by atoms with Crippen LogP contribution < -0.4 is 0 Å². The summed E-state index contributed by atoms with van der Waals surface area (Å²) in [6, 6.07) is 4.35. The van der Waals surface area contributed by atoms with Crippen LogP contribution in [-0.4, -0.2) is 40.6 Å². The zero-order chi connectivity index (χ0) is 14.8. The lowest BCUT2D eigenvalue weighted by molar-refractivity contribution is -0.137. The molecule has 1 aromatic heterocycles. The molecule has 0 saturated carbocycles. The minimum atomic E-state index is -0.766. The van der Waals surface area contributed by atoms with E-state index in [0.29, 0.717) is 23.5 Å². The van der Waals surface area contributed by atoms with Crippen molar-refractivity contribution >= 4 is 17.1 Å². The monoisotopic (exact) mass is 292 g/mol. The van der Waals surface area contributed by atoms with Crippen LogP contribution in [0.1, 0.15) is 31.1 Å². The third kappa shape index (κ3) is 3.21. The van der Waals surface area contributed by atoms with E-state index in [9.17, 15) is 9.18 Å². The number of aliphatic carboxylic acids is 1. The number of fused-ring (bicyclic) bond motifs is 1. The Hall–Kier alpha value is -1.95. The van der Waals surface area contributed by atoms with Gasteiger partial charge in [0.05, 0.1) is 6.42 Å². The molecule has 3 rings (SSSR count). The summed E-state index contributed by atoms with van der Waals surface area (Å²) in [5, 5.41) is 8.69. The van der Waals surface area contributed by atoms with Crippen molar-refractivity contribution in [3.63, 3.8) is 0 Å². The Morgan fingerprint density at radius 1 is 1.43 bits per heavy atom. The van der Waals surface area contributed by atoms with Crippen molar-refractivity contribution in [1.29, 1.82) is 0 Å². The number of carbonyl (C=O) groups is 1. The fourth-order valence-electron chi connectivity index (χ4n) is 2.75. The third-order valence-corrected chi connectivity index (χ3v) is 3.94. The summed E-state index contributed by atoms with van der Waals surface area (Å²) >= 11 is 0. The average molecular weight is 292 g/mol. The maximum absolute atomic E-state index is 13.2. The molecule has 2 heterocycles. The van der Waals surface area contributed by atoms with Crippen LogP contribution in [0.25, 0.3) is 11.1 Å². The molecule has 2 aromatic rings. The highest BCUT2D eigenvalue weighted by Crippen LogP contribution is 2.30. The van der Waals surface area contributed by atoms with E-state index in [-0.39, 0.29) is 18.2 Å². The predicted molar refractivity (Wildman–Crippen MR) is 74.6 cm³/mol. The number of hydrogen-bond donors (Lipinski definition) is 1. The van der Waals surface area contributed by atoms with Gasteiger partial charge in [-0.1, -0.05) is 0 Å². The molecule has 21 heavy (non-hydrogen) atoms. The highest BCUT2D eigenvalue weighted by atomic mass is 19.1. The van der Waals surface area contributed by atoms with E-state index < -0.39 is 5.97 Å². The first-order valence-corrected chi connectivity index (χ1v) is 7.12. The maximum Gasteiger partial charge on any atom is 0.304 e. The minimum absolute atomic E-state index is 0.173. The molecule has 0 aliphatic carbocycles. The first kappa shape index (κ1) is 14.0. The summed E-state index contributed by atoms with van der Waals surface area (Å²) in [6.07, 6.45) is 1.94. The van der Waals surface area contributed by atoms with Crippen molar-refractivity contribution < 1.29 is 18.7 Å². The Morgan fingerprint density at radius 3 is 2.90 bits per heavy atom. The normalized spacial score (nSPS) is 17.4. The molecule has 0 radical (unpaired) electrons. The van der Waals surface area contributed by atoms with Crippen molar-refractivity contribution in [2.24, 2.45) is 0 Å². The first-order valence-electron chi connectivity index (χ1n) is 7.12. The zero-order valence-electron chi connectivity index (χ0n) is 11.6. The second-order valence-electron chi connectivity index (χ2n) is 5.42. The molecule has 0 amide bonds. The fraction of sp³-hybridized carbons (Fsp3) is 0.467. The Kier molecular flexibility index (Phi) is 3.88. The van der Waals surface area contributed by atoms with Gasteiger partial charge >= 0.3 is 5.97 Å². The number of likely N-dealkylation sites (tertiary alicyclic amines) is 1. The summed E-state index contributed by atoms with van der Waals surface area (Å²) in [4.78, 5) is 17.1. The van der Waals surface area contributed by atoms with E-state index in [0.717, 1.165) is 25.9 Å². The van der Waals surface area contributed by atoms with Crippen molar-refractivity contribution in [3.8, 4) is 0 Å². The lowest BCUT2D eigenvalue weighted by atomic mass is 9.97. The van der Waals surface area contributed by atoms with Crippen LogP contribution in [0.5, 0.6) is 0 Å². The van der Waals surface area contributed by atoms with E-state index in [1.54, 1.807) is 6.07 Å². The molecule has 1 saturated heterocycles. The molecular weight excluding hydrogens is 275 g/mol. The van der Waals surface area contributed by atoms with Crippen LogP contribution in [0.15, 0.2) is 22.6 Å². The minimum Gasteiger partial charge on any atom is -0.481 e. The summed E-state index contributed by atoms with van der Waals surface area (Å²) in [6.45, 7) is 2.26. The van der Waals surface area contributed by atoms with Crippen LogP contribution in [0.3, 0.4) is 0 Å². The smallest absolute Gasteiger partial charge is 0.304 e. The molecule has 6 heteroatoms. The number of benzene rings is 1. The molecule has 0 atom stereocenters. The number of piperidine rings is 1. The van der Waals surface area contributed by atoms with Crippen molar-refractivity contribution in [2.75, 3.05) is 19.6 Å². The second kappa shape index (κ2) is 5.81. The Morgan fingerprint density at radius 2 is 2.19 bits per heavy atom. The van der Waals surface area contributed by atoms with Gasteiger partial charge in [0.25, 0.3) is 0 Å². The number of nitrogens with zero attached hydrogens (tertiary/aromatic N) is 2. The number of halogens is 1. The number of carboxylic acids is 1. The molecular formula is C15H17FN2O3. The van der Waals surface area contributed by atoms with Gasteiger partial charge in [-0.15, -0.1) is 0 Å². The molecule has 1 aliphatic rings. The van der Waals surface area contributed by atoms with Crippen LogP contribution in [-0.2, 0) is 4.79 Å². The topological polar surface area (TPSA) is 66.6 Å². The first-order chi connectivity index (χ1) is 10.1. The van der Waals surface area contributed by atoms with Crippen LogP contribution in [0, 0.1) is 5.82 Å². The molecule has 1 fully saturated rings. The zero-order valence-corrected chi connectivity index (χ0v) is 11.6. The van der Waals surface area contributed by atoms with Crippen LogP contribution >= 0.6 is 0 Å². The molecule has 0 bridgehead atoms. The van der Waals surface area contributed by atoms with Crippen molar-refractivity contribution in [1.82, 2.24) is 9.88 Å². The third-order valence-electron chi connectivity index (χ3n) is 3.94. The Bertz CT molecular complexity index is 647. The fourth-order valence-corrected chi connectivity index (χ4v) is 2.75. The number of oxazole rings is 1. The van der Waals surface area contributed by atoms with Crippen molar-refractivity contribution in [2.45, 2.75) is 25.2 Å². The van der Waals surface area contributed by atoms with Gasteiger partial charge < -0.3 is 14.4 Å². The summed E-state index contributed by atoms with van der Waals surface area (Å²) in [7, 11) is 0. The molecule has 0 unspecified atom stereocenters. The highest BCUT2D eigenvalue weighted by Gasteiger charge is 2.24. The van der Waals surface area contributed by atoms with Gasteiger partial charge in [-0.2, -0.15) is 0 Å². The molecule has 1 N–H and O–H groups in total. The van der Waals surface area contributed by atoms with Crippen LogP contribution in [0.4, 0.5) is 4.39 Å². The Labute approximate surface area is 121 Å². The van der Waals surface area contributed by atoms with Gasteiger partial charge in [0, 0.05) is 18.5 Å². The SMILES string of the molecule is O=C(O)CCN1CCC(c2nc3cc(F)ccc3o2)CC1. The average Bonchev–Trinajstić information content (AvgIpc) is 2.88. The summed E-state index contributed by atoms with van der Waals surface area (Å²) in [5.41, 5.74) is 1.16. The van der Waals surface area contributed by atoms with E-state index in [4.69, 9.17) is 9.52 Å². The summed E-state index contributed by atoms with van der Waals surface area (Å²) in [5.74, 6) is -0.195. The lowest BCUT2D eigenvalue weighted by Crippen LogP contribution is -2.34. The standard InChI is InChI=1S/C15H17FN2O3/c16-11-1-2-13-12(9-11)17-15(21-13)10-3-6-18(7-4-10)8-5-14(19)20/h1-2,9-10H,3-8H2,(H,19,20).